The third kappa shape index (κ3) is 2.63. The van der Waals surface area contributed by atoms with E-state index in [-0.39, 0.29) is 5.91 Å². The van der Waals surface area contributed by atoms with E-state index in [0.717, 1.165) is 16.6 Å². The zero-order chi connectivity index (χ0) is 15.0. The van der Waals surface area contributed by atoms with Crippen LogP contribution in [0, 0.1) is 5.92 Å². The highest BCUT2D eigenvalue weighted by Gasteiger charge is 2.35. The van der Waals surface area contributed by atoms with Gasteiger partial charge < -0.3 is 10.0 Å². The number of benzene rings is 1. The number of likely N-dealkylation sites (tertiary alicyclic amines) is 1. The van der Waals surface area contributed by atoms with E-state index < -0.39 is 12.0 Å². The fourth-order valence-electron chi connectivity index (χ4n) is 2.77. The summed E-state index contributed by atoms with van der Waals surface area (Å²) in [6.45, 7) is 2.53. The van der Waals surface area contributed by atoms with Crippen molar-refractivity contribution in [3.8, 4) is 0 Å². The van der Waals surface area contributed by atoms with Crippen LogP contribution >= 0.6 is 11.3 Å². The summed E-state index contributed by atoms with van der Waals surface area (Å²) in [7, 11) is 0. The highest BCUT2D eigenvalue weighted by molar-refractivity contribution is 7.16. The Kier molecular flexibility index (Phi) is 3.63. The van der Waals surface area contributed by atoms with Crippen LogP contribution in [0.25, 0.3) is 10.2 Å². The van der Waals surface area contributed by atoms with Gasteiger partial charge in [-0.25, -0.2) is 9.78 Å². The summed E-state index contributed by atoms with van der Waals surface area (Å²) in [4.78, 5) is 29.7. The molecule has 0 radical (unpaired) electrons. The Morgan fingerprint density at radius 3 is 3.00 bits per heavy atom. The summed E-state index contributed by atoms with van der Waals surface area (Å²) >= 11 is 1.47. The largest absolute Gasteiger partial charge is 0.480 e. The van der Waals surface area contributed by atoms with Crippen molar-refractivity contribution >= 4 is 33.4 Å². The third-order valence-corrected chi connectivity index (χ3v) is 4.78. The SMILES string of the molecule is CC1CCN(C(=O)c2ccc3ncsc3c2)C(C(=O)O)C1. The van der Waals surface area contributed by atoms with Gasteiger partial charge in [0.25, 0.3) is 5.91 Å². The van der Waals surface area contributed by atoms with Crippen LogP contribution in [-0.4, -0.2) is 39.5 Å². The number of nitrogens with zero attached hydrogens (tertiary/aromatic N) is 2. The van der Waals surface area contributed by atoms with E-state index in [0.29, 0.717) is 24.4 Å². The van der Waals surface area contributed by atoms with Crippen LogP contribution in [0.1, 0.15) is 30.1 Å². The monoisotopic (exact) mass is 304 g/mol. The number of carboxylic acid groups (broad SMARTS) is 1. The summed E-state index contributed by atoms with van der Waals surface area (Å²) in [5.74, 6) is -0.794. The number of rotatable bonds is 2. The van der Waals surface area contributed by atoms with E-state index in [4.69, 9.17) is 0 Å². The van der Waals surface area contributed by atoms with Gasteiger partial charge in [0.2, 0.25) is 0 Å². The van der Waals surface area contributed by atoms with Crippen LogP contribution in [0.3, 0.4) is 0 Å². The number of carbonyl (C=O) groups excluding carboxylic acids is 1. The molecule has 3 rings (SSSR count). The van der Waals surface area contributed by atoms with E-state index >= 15 is 0 Å². The van der Waals surface area contributed by atoms with E-state index in [9.17, 15) is 14.7 Å². The number of carbonyl (C=O) groups is 2. The number of aromatic nitrogens is 1. The summed E-state index contributed by atoms with van der Waals surface area (Å²) < 4.78 is 0.943. The molecule has 6 heteroatoms. The molecule has 1 amide bonds. The number of hydrogen-bond donors (Lipinski definition) is 1. The molecule has 21 heavy (non-hydrogen) atoms. The van der Waals surface area contributed by atoms with Crippen molar-refractivity contribution in [1.82, 2.24) is 9.88 Å². The minimum atomic E-state index is -0.922. The van der Waals surface area contributed by atoms with Crippen molar-refractivity contribution in [2.75, 3.05) is 6.54 Å². The molecule has 1 fully saturated rings. The van der Waals surface area contributed by atoms with E-state index in [1.807, 2.05) is 6.92 Å². The molecular formula is C15H16N2O3S. The van der Waals surface area contributed by atoms with Crippen LogP contribution < -0.4 is 0 Å². The molecule has 5 nitrogen and oxygen atoms in total. The molecule has 1 aliphatic rings. The Morgan fingerprint density at radius 2 is 2.24 bits per heavy atom. The molecule has 110 valence electrons. The predicted molar refractivity (Wildman–Crippen MR) is 80.5 cm³/mol. The van der Waals surface area contributed by atoms with Crippen LogP contribution in [0.4, 0.5) is 0 Å². The first-order valence-electron chi connectivity index (χ1n) is 6.93. The molecule has 2 heterocycles. The Morgan fingerprint density at radius 1 is 1.43 bits per heavy atom. The van der Waals surface area contributed by atoms with Gasteiger partial charge in [0.1, 0.15) is 6.04 Å². The van der Waals surface area contributed by atoms with Crippen LogP contribution in [0.5, 0.6) is 0 Å². The van der Waals surface area contributed by atoms with E-state index in [1.54, 1.807) is 23.7 Å². The first-order valence-corrected chi connectivity index (χ1v) is 7.81. The summed E-state index contributed by atoms with van der Waals surface area (Å²) in [6.07, 6.45) is 1.36. The second-order valence-corrected chi connectivity index (χ2v) is 6.40. The van der Waals surface area contributed by atoms with Crippen LogP contribution in [0.2, 0.25) is 0 Å². The molecule has 1 aliphatic heterocycles. The number of aliphatic carboxylic acids is 1. The lowest BCUT2D eigenvalue weighted by Gasteiger charge is -2.36. The lowest BCUT2D eigenvalue weighted by molar-refractivity contribution is -0.144. The molecule has 0 aliphatic carbocycles. The molecule has 1 aromatic carbocycles. The maximum atomic E-state index is 12.6. The zero-order valence-corrected chi connectivity index (χ0v) is 12.5. The van der Waals surface area contributed by atoms with Gasteiger partial charge in [0.15, 0.2) is 0 Å². The van der Waals surface area contributed by atoms with Gasteiger partial charge in [0, 0.05) is 12.1 Å². The number of fused-ring (bicyclic) bond motifs is 1. The highest BCUT2D eigenvalue weighted by atomic mass is 32.1. The molecule has 1 saturated heterocycles. The lowest BCUT2D eigenvalue weighted by Crippen LogP contribution is -2.49. The molecule has 2 atom stereocenters. The normalized spacial score (nSPS) is 22.4. The maximum absolute atomic E-state index is 12.6. The molecular weight excluding hydrogens is 288 g/mol. The Bertz CT molecular complexity index is 697. The van der Waals surface area contributed by atoms with Crippen molar-refractivity contribution in [2.45, 2.75) is 25.8 Å². The van der Waals surface area contributed by atoms with Gasteiger partial charge in [-0.05, 0) is 37.0 Å². The number of amides is 1. The van der Waals surface area contributed by atoms with Gasteiger partial charge in [-0.3, -0.25) is 4.79 Å². The molecule has 2 unspecified atom stereocenters. The maximum Gasteiger partial charge on any atom is 0.326 e. The van der Waals surface area contributed by atoms with Crippen molar-refractivity contribution in [2.24, 2.45) is 5.92 Å². The fourth-order valence-corrected chi connectivity index (χ4v) is 3.49. The van der Waals surface area contributed by atoms with Crippen molar-refractivity contribution < 1.29 is 14.7 Å². The van der Waals surface area contributed by atoms with Gasteiger partial charge in [-0.2, -0.15) is 0 Å². The molecule has 1 aromatic heterocycles. The van der Waals surface area contributed by atoms with E-state index in [1.165, 1.54) is 16.2 Å². The average Bonchev–Trinajstić information content (AvgIpc) is 2.93. The summed E-state index contributed by atoms with van der Waals surface area (Å²) in [5, 5.41) is 9.36. The zero-order valence-electron chi connectivity index (χ0n) is 11.7. The Hall–Kier alpha value is -1.95. The van der Waals surface area contributed by atoms with Gasteiger partial charge >= 0.3 is 5.97 Å². The number of thiazole rings is 1. The highest BCUT2D eigenvalue weighted by Crippen LogP contribution is 2.26. The average molecular weight is 304 g/mol. The number of hydrogen-bond acceptors (Lipinski definition) is 4. The molecule has 0 bridgehead atoms. The third-order valence-electron chi connectivity index (χ3n) is 3.99. The first-order chi connectivity index (χ1) is 10.1. The van der Waals surface area contributed by atoms with E-state index in [2.05, 4.69) is 4.98 Å². The van der Waals surface area contributed by atoms with Crippen LogP contribution in [-0.2, 0) is 4.79 Å². The van der Waals surface area contributed by atoms with Crippen molar-refractivity contribution in [3.05, 3.63) is 29.3 Å². The van der Waals surface area contributed by atoms with Gasteiger partial charge in [-0.15, -0.1) is 11.3 Å². The molecule has 0 spiro atoms. The van der Waals surface area contributed by atoms with Gasteiger partial charge in [-0.1, -0.05) is 6.92 Å². The lowest BCUT2D eigenvalue weighted by atomic mass is 9.92. The predicted octanol–water partition coefficient (Wildman–Crippen LogP) is 2.62. The Balaban J connectivity index is 1.90. The molecule has 1 N–H and O–H groups in total. The minimum absolute atomic E-state index is 0.204. The van der Waals surface area contributed by atoms with Crippen molar-refractivity contribution in [3.63, 3.8) is 0 Å². The summed E-state index contributed by atoms with van der Waals surface area (Å²) in [6, 6.07) is 4.60. The first kappa shape index (κ1) is 14.0. The minimum Gasteiger partial charge on any atom is -0.480 e. The summed E-state index contributed by atoms with van der Waals surface area (Å²) in [5.41, 5.74) is 3.13. The molecule has 2 aromatic rings. The molecule has 0 saturated carbocycles. The topological polar surface area (TPSA) is 70.5 Å². The standard InChI is InChI=1S/C15H16N2O3S/c1-9-4-5-17(12(6-9)15(19)20)14(18)10-2-3-11-13(7-10)21-8-16-11/h2-3,7-9,12H,4-6H2,1H3,(H,19,20). The van der Waals surface area contributed by atoms with Crippen LogP contribution in [0.15, 0.2) is 23.7 Å². The second-order valence-electron chi connectivity index (χ2n) is 5.52. The fraction of sp³-hybridized carbons (Fsp3) is 0.400. The van der Waals surface area contributed by atoms with Gasteiger partial charge in [0.05, 0.1) is 15.7 Å². The number of piperidine rings is 1. The Labute approximate surface area is 126 Å². The van der Waals surface area contributed by atoms with Crippen molar-refractivity contribution in [1.29, 1.82) is 0 Å². The quantitative estimate of drug-likeness (QED) is 0.926. The number of carboxylic acids is 1. The smallest absolute Gasteiger partial charge is 0.326 e. The second kappa shape index (κ2) is 5.44.